The van der Waals surface area contributed by atoms with E-state index in [1.54, 1.807) is 12.1 Å². The summed E-state index contributed by atoms with van der Waals surface area (Å²) in [4.78, 5) is 11.7. The topological polar surface area (TPSA) is 29.1 Å². The summed E-state index contributed by atoms with van der Waals surface area (Å²) < 4.78 is 14.3. The van der Waals surface area contributed by atoms with Gasteiger partial charge in [0, 0.05) is 16.3 Å². The van der Waals surface area contributed by atoms with Crippen LogP contribution in [-0.4, -0.2) is 17.7 Å². The summed E-state index contributed by atoms with van der Waals surface area (Å²) in [5.41, 5.74) is 0.623. The number of hydrogen-bond acceptors (Lipinski definition) is 2. The highest BCUT2D eigenvalue weighted by molar-refractivity contribution is 9.10. The van der Waals surface area contributed by atoms with Gasteiger partial charge in [-0.05, 0) is 30.5 Å². The van der Waals surface area contributed by atoms with E-state index >= 15 is 0 Å². The maximum Gasteiger partial charge on any atom is 0.230 e. The SMILES string of the molecule is CC(C)C(C)NC(=O)CSCc1ccc(Br)cc1F. The molecule has 0 saturated heterocycles. The monoisotopic (exact) mass is 347 g/mol. The van der Waals surface area contributed by atoms with Gasteiger partial charge in [0.1, 0.15) is 5.82 Å². The summed E-state index contributed by atoms with van der Waals surface area (Å²) in [5.74, 6) is 1.04. The fraction of sp³-hybridized carbons (Fsp3) is 0.500. The molecular formula is C14H19BrFNOS. The third-order valence-corrected chi connectivity index (χ3v) is 4.37. The van der Waals surface area contributed by atoms with Crippen LogP contribution in [0.2, 0.25) is 0 Å². The molecule has 0 spiro atoms. The predicted octanol–water partition coefficient (Wildman–Crippen LogP) is 3.98. The number of thioether (sulfide) groups is 1. The molecule has 1 aromatic carbocycles. The van der Waals surface area contributed by atoms with Gasteiger partial charge in [-0.3, -0.25) is 4.79 Å². The molecule has 0 aliphatic rings. The number of amides is 1. The molecule has 0 fully saturated rings. The zero-order valence-corrected chi connectivity index (χ0v) is 13.8. The number of nitrogens with one attached hydrogen (secondary N) is 1. The number of halogens is 2. The smallest absolute Gasteiger partial charge is 0.230 e. The molecule has 1 rings (SSSR count). The van der Waals surface area contributed by atoms with Crippen molar-refractivity contribution >= 4 is 33.6 Å². The van der Waals surface area contributed by atoms with Gasteiger partial charge in [0.2, 0.25) is 5.91 Å². The Morgan fingerprint density at radius 1 is 1.42 bits per heavy atom. The first kappa shape index (κ1) is 16.5. The molecule has 0 bridgehead atoms. The highest BCUT2D eigenvalue weighted by Crippen LogP contribution is 2.19. The minimum atomic E-state index is -0.238. The van der Waals surface area contributed by atoms with Gasteiger partial charge in [-0.25, -0.2) is 4.39 Å². The molecule has 0 heterocycles. The van der Waals surface area contributed by atoms with Crippen molar-refractivity contribution < 1.29 is 9.18 Å². The number of rotatable bonds is 6. The molecule has 0 aliphatic heterocycles. The van der Waals surface area contributed by atoms with E-state index in [1.807, 2.05) is 6.92 Å². The summed E-state index contributed by atoms with van der Waals surface area (Å²) in [7, 11) is 0. The zero-order chi connectivity index (χ0) is 14.4. The van der Waals surface area contributed by atoms with Gasteiger partial charge >= 0.3 is 0 Å². The van der Waals surface area contributed by atoms with E-state index in [-0.39, 0.29) is 17.8 Å². The van der Waals surface area contributed by atoms with Crippen LogP contribution in [0, 0.1) is 11.7 Å². The molecule has 106 valence electrons. The Morgan fingerprint density at radius 3 is 2.68 bits per heavy atom. The van der Waals surface area contributed by atoms with Crippen molar-refractivity contribution in [2.24, 2.45) is 5.92 Å². The highest BCUT2D eigenvalue weighted by atomic mass is 79.9. The molecule has 5 heteroatoms. The van der Waals surface area contributed by atoms with Crippen molar-refractivity contribution in [3.05, 3.63) is 34.1 Å². The number of hydrogen-bond donors (Lipinski definition) is 1. The lowest BCUT2D eigenvalue weighted by Gasteiger charge is -2.17. The van der Waals surface area contributed by atoms with Crippen LogP contribution in [0.1, 0.15) is 26.3 Å². The lowest BCUT2D eigenvalue weighted by Crippen LogP contribution is -2.37. The summed E-state index contributed by atoms with van der Waals surface area (Å²) in [5, 5.41) is 2.93. The molecule has 0 radical (unpaired) electrons. The zero-order valence-electron chi connectivity index (χ0n) is 11.4. The van der Waals surface area contributed by atoms with Crippen LogP contribution in [-0.2, 0) is 10.5 Å². The Balaban J connectivity index is 2.36. The van der Waals surface area contributed by atoms with Gasteiger partial charge < -0.3 is 5.32 Å². The van der Waals surface area contributed by atoms with Gasteiger partial charge in [-0.15, -0.1) is 11.8 Å². The summed E-state index contributed by atoms with van der Waals surface area (Å²) >= 11 is 4.64. The van der Waals surface area contributed by atoms with Crippen molar-refractivity contribution in [3.8, 4) is 0 Å². The third-order valence-electron chi connectivity index (χ3n) is 2.89. The molecule has 1 unspecified atom stereocenters. The number of benzene rings is 1. The maximum absolute atomic E-state index is 13.5. The molecule has 1 N–H and O–H groups in total. The van der Waals surface area contributed by atoms with E-state index in [0.29, 0.717) is 23.0 Å². The average molecular weight is 348 g/mol. The summed E-state index contributed by atoms with van der Waals surface area (Å²) in [6, 6.07) is 5.15. The van der Waals surface area contributed by atoms with Crippen molar-refractivity contribution in [2.75, 3.05) is 5.75 Å². The largest absolute Gasteiger partial charge is 0.353 e. The van der Waals surface area contributed by atoms with Gasteiger partial charge in [0.15, 0.2) is 0 Å². The molecular weight excluding hydrogens is 329 g/mol. The van der Waals surface area contributed by atoms with Crippen molar-refractivity contribution in [3.63, 3.8) is 0 Å². The first-order valence-corrected chi connectivity index (χ1v) is 8.16. The van der Waals surface area contributed by atoms with Crippen LogP contribution in [0.25, 0.3) is 0 Å². The minimum Gasteiger partial charge on any atom is -0.353 e. The minimum absolute atomic E-state index is 0.00344. The summed E-state index contributed by atoms with van der Waals surface area (Å²) in [6.45, 7) is 6.12. The fourth-order valence-corrected chi connectivity index (χ4v) is 2.51. The van der Waals surface area contributed by atoms with Crippen LogP contribution in [0.15, 0.2) is 22.7 Å². The standard InChI is InChI=1S/C14H19BrFNOS/c1-9(2)10(3)17-14(18)8-19-7-11-4-5-12(15)6-13(11)16/h4-6,9-10H,7-8H2,1-3H3,(H,17,18). The van der Waals surface area contributed by atoms with Crippen LogP contribution in [0.3, 0.4) is 0 Å². The van der Waals surface area contributed by atoms with Crippen LogP contribution >= 0.6 is 27.7 Å². The average Bonchev–Trinajstić information content (AvgIpc) is 2.31. The molecule has 2 nitrogen and oxygen atoms in total. The number of carbonyl (C=O) groups excluding carboxylic acids is 1. The molecule has 1 atom stereocenters. The molecule has 19 heavy (non-hydrogen) atoms. The van der Waals surface area contributed by atoms with Crippen molar-refractivity contribution in [1.82, 2.24) is 5.32 Å². The molecule has 1 amide bonds. The quantitative estimate of drug-likeness (QED) is 0.843. The van der Waals surface area contributed by atoms with Crippen LogP contribution in [0.5, 0.6) is 0 Å². The van der Waals surface area contributed by atoms with Crippen LogP contribution < -0.4 is 5.32 Å². The molecule has 1 aromatic rings. The second-order valence-corrected chi connectivity index (χ2v) is 6.73. The Hall–Kier alpha value is -0.550. The Kier molecular flexibility index (Phi) is 6.86. The van der Waals surface area contributed by atoms with E-state index in [1.165, 1.54) is 17.8 Å². The lowest BCUT2D eigenvalue weighted by atomic mass is 10.1. The lowest BCUT2D eigenvalue weighted by molar-refractivity contribution is -0.119. The predicted molar refractivity (Wildman–Crippen MR) is 82.7 cm³/mol. The first-order chi connectivity index (χ1) is 8.90. The van der Waals surface area contributed by atoms with E-state index in [4.69, 9.17) is 0 Å². The Labute approximate surface area is 126 Å². The maximum atomic E-state index is 13.5. The van der Waals surface area contributed by atoms with Gasteiger partial charge in [0.25, 0.3) is 0 Å². The van der Waals surface area contributed by atoms with Crippen molar-refractivity contribution in [1.29, 1.82) is 0 Å². The molecule has 0 aromatic heterocycles. The second-order valence-electron chi connectivity index (χ2n) is 4.83. The Bertz CT molecular complexity index is 439. The van der Waals surface area contributed by atoms with E-state index < -0.39 is 0 Å². The fourth-order valence-electron chi connectivity index (χ4n) is 1.35. The molecule has 0 aliphatic carbocycles. The Morgan fingerprint density at radius 2 is 2.11 bits per heavy atom. The number of carbonyl (C=O) groups is 1. The van der Waals surface area contributed by atoms with Crippen LogP contribution in [0.4, 0.5) is 4.39 Å². The van der Waals surface area contributed by atoms with Crippen molar-refractivity contribution in [2.45, 2.75) is 32.6 Å². The van der Waals surface area contributed by atoms with E-state index in [9.17, 15) is 9.18 Å². The third kappa shape index (κ3) is 5.95. The second kappa shape index (κ2) is 7.90. The van der Waals surface area contributed by atoms with Gasteiger partial charge in [-0.1, -0.05) is 35.8 Å². The normalized spacial score (nSPS) is 12.5. The summed E-state index contributed by atoms with van der Waals surface area (Å²) in [6.07, 6.45) is 0. The first-order valence-electron chi connectivity index (χ1n) is 6.21. The highest BCUT2D eigenvalue weighted by Gasteiger charge is 2.11. The van der Waals surface area contributed by atoms with E-state index in [0.717, 1.165) is 4.47 Å². The van der Waals surface area contributed by atoms with Gasteiger partial charge in [-0.2, -0.15) is 0 Å². The van der Waals surface area contributed by atoms with Gasteiger partial charge in [0.05, 0.1) is 5.75 Å². The van der Waals surface area contributed by atoms with E-state index in [2.05, 4.69) is 35.1 Å². The molecule has 0 saturated carbocycles.